The lowest BCUT2D eigenvalue weighted by Crippen LogP contribution is -2.53. The molecule has 0 aliphatic carbocycles. The van der Waals surface area contributed by atoms with Gasteiger partial charge < -0.3 is 11.1 Å². The number of nitrogens with two attached hydrogens (primary N) is 1. The van der Waals surface area contributed by atoms with Gasteiger partial charge in [0.15, 0.2) is 0 Å². The molecule has 0 unspecified atom stereocenters. The SMILES string of the molecule is CC(C)CNS(=O)(=O)N(CC(N)=O)C1CCNCC1. The van der Waals surface area contributed by atoms with Crippen LogP contribution in [0.2, 0.25) is 0 Å². The van der Waals surface area contributed by atoms with Crippen molar-refractivity contribution in [1.82, 2.24) is 14.3 Å². The lowest BCUT2D eigenvalue weighted by molar-refractivity contribution is -0.118. The van der Waals surface area contributed by atoms with Crippen LogP contribution in [-0.2, 0) is 15.0 Å². The number of primary amides is 1. The summed E-state index contributed by atoms with van der Waals surface area (Å²) in [6.07, 6.45) is 1.38. The number of amides is 1. The van der Waals surface area contributed by atoms with Crippen LogP contribution in [0.25, 0.3) is 0 Å². The number of piperidine rings is 1. The first-order chi connectivity index (χ1) is 8.83. The van der Waals surface area contributed by atoms with E-state index in [1.165, 1.54) is 4.31 Å². The predicted molar refractivity (Wildman–Crippen MR) is 73.6 cm³/mol. The van der Waals surface area contributed by atoms with Crippen LogP contribution in [0.1, 0.15) is 26.7 Å². The number of hydrogen-bond donors (Lipinski definition) is 3. The Morgan fingerprint density at radius 3 is 2.47 bits per heavy atom. The Labute approximate surface area is 115 Å². The van der Waals surface area contributed by atoms with E-state index in [4.69, 9.17) is 5.73 Å². The second kappa shape index (κ2) is 7.18. The lowest BCUT2D eigenvalue weighted by Gasteiger charge is -2.33. The number of rotatable bonds is 7. The van der Waals surface area contributed by atoms with Crippen molar-refractivity contribution in [2.45, 2.75) is 32.7 Å². The average molecular weight is 292 g/mol. The Morgan fingerprint density at radius 1 is 1.42 bits per heavy atom. The normalized spacial score (nSPS) is 18.1. The maximum Gasteiger partial charge on any atom is 0.280 e. The van der Waals surface area contributed by atoms with Crippen LogP contribution < -0.4 is 15.8 Å². The summed E-state index contributed by atoms with van der Waals surface area (Å²) in [6.45, 7) is 5.43. The highest BCUT2D eigenvalue weighted by atomic mass is 32.2. The first kappa shape index (κ1) is 16.4. The predicted octanol–water partition coefficient (Wildman–Crippen LogP) is -0.984. The van der Waals surface area contributed by atoms with Crippen LogP contribution in [0.15, 0.2) is 0 Å². The zero-order valence-corrected chi connectivity index (χ0v) is 12.4. The maximum absolute atomic E-state index is 12.3. The van der Waals surface area contributed by atoms with Crippen molar-refractivity contribution in [2.75, 3.05) is 26.2 Å². The van der Waals surface area contributed by atoms with Crippen molar-refractivity contribution < 1.29 is 13.2 Å². The minimum absolute atomic E-state index is 0.168. The fourth-order valence-corrected chi connectivity index (χ4v) is 3.62. The highest BCUT2D eigenvalue weighted by Crippen LogP contribution is 2.15. The molecule has 0 aromatic carbocycles. The van der Waals surface area contributed by atoms with Crippen molar-refractivity contribution in [3.8, 4) is 0 Å². The molecular weight excluding hydrogens is 268 g/mol. The fraction of sp³-hybridized carbons (Fsp3) is 0.909. The van der Waals surface area contributed by atoms with Gasteiger partial charge in [-0.2, -0.15) is 12.7 Å². The van der Waals surface area contributed by atoms with Gasteiger partial charge in [-0.15, -0.1) is 0 Å². The van der Waals surface area contributed by atoms with E-state index in [0.29, 0.717) is 19.4 Å². The van der Waals surface area contributed by atoms with E-state index in [-0.39, 0.29) is 18.5 Å². The number of carbonyl (C=O) groups excluding carboxylic acids is 1. The molecular formula is C11H24N4O3S. The average Bonchev–Trinajstić information content (AvgIpc) is 2.34. The second-order valence-electron chi connectivity index (χ2n) is 5.24. The van der Waals surface area contributed by atoms with Crippen LogP contribution in [0.5, 0.6) is 0 Å². The minimum atomic E-state index is -3.66. The Balaban J connectivity index is 2.79. The Hall–Kier alpha value is -0.700. The quantitative estimate of drug-likeness (QED) is 0.560. The van der Waals surface area contributed by atoms with Crippen molar-refractivity contribution >= 4 is 16.1 Å². The molecule has 1 heterocycles. The van der Waals surface area contributed by atoms with Crippen molar-refractivity contribution in [2.24, 2.45) is 11.7 Å². The molecule has 1 aliphatic rings. The number of carbonyl (C=O) groups is 1. The van der Waals surface area contributed by atoms with Crippen LogP contribution >= 0.6 is 0 Å². The molecule has 1 saturated heterocycles. The molecule has 1 amide bonds. The lowest BCUT2D eigenvalue weighted by atomic mass is 10.1. The molecule has 0 atom stereocenters. The molecule has 19 heavy (non-hydrogen) atoms. The van der Waals surface area contributed by atoms with Gasteiger partial charge in [0, 0.05) is 12.6 Å². The molecule has 1 fully saturated rings. The van der Waals surface area contributed by atoms with Gasteiger partial charge in [-0.05, 0) is 31.8 Å². The number of nitrogens with zero attached hydrogens (tertiary/aromatic N) is 1. The molecule has 0 spiro atoms. The third-order valence-corrected chi connectivity index (χ3v) is 4.59. The van der Waals surface area contributed by atoms with Gasteiger partial charge >= 0.3 is 0 Å². The highest BCUT2D eigenvalue weighted by molar-refractivity contribution is 7.87. The Bertz CT molecular complexity index is 391. The largest absolute Gasteiger partial charge is 0.369 e. The summed E-state index contributed by atoms with van der Waals surface area (Å²) in [5, 5.41) is 3.17. The maximum atomic E-state index is 12.3. The third-order valence-electron chi connectivity index (χ3n) is 3.01. The Kier molecular flexibility index (Phi) is 6.18. The molecule has 0 aromatic rings. The van der Waals surface area contributed by atoms with E-state index in [1.807, 2.05) is 13.8 Å². The summed E-state index contributed by atoms with van der Waals surface area (Å²) >= 11 is 0. The first-order valence-corrected chi connectivity index (χ1v) is 8.02. The fourth-order valence-electron chi connectivity index (χ4n) is 2.01. The van der Waals surface area contributed by atoms with Gasteiger partial charge in [-0.25, -0.2) is 4.72 Å². The van der Waals surface area contributed by atoms with Crippen molar-refractivity contribution in [3.05, 3.63) is 0 Å². The Morgan fingerprint density at radius 2 is 2.00 bits per heavy atom. The van der Waals surface area contributed by atoms with E-state index in [9.17, 15) is 13.2 Å². The van der Waals surface area contributed by atoms with Gasteiger partial charge in [-0.3, -0.25) is 4.79 Å². The molecule has 7 nitrogen and oxygen atoms in total. The summed E-state index contributed by atoms with van der Waals surface area (Å²) in [5.74, 6) is -0.424. The molecule has 112 valence electrons. The van der Waals surface area contributed by atoms with Crippen LogP contribution in [0, 0.1) is 5.92 Å². The molecule has 1 aliphatic heterocycles. The van der Waals surface area contributed by atoms with Crippen LogP contribution in [0.4, 0.5) is 0 Å². The van der Waals surface area contributed by atoms with Gasteiger partial charge in [-0.1, -0.05) is 13.8 Å². The smallest absolute Gasteiger partial charge is 0.280 e. The zero-order chi connectivity index (χ0) is 14.5. The van der Waals surface area contributed by atoms with Gasteiger partial charge in [0.25, 0.3) is 10.2 Å². The van der Waals surface area contributed by atoms with Gasteiger partial charge in [0.2, 0.25) is 5.91 Å². The standard InChI is InChI=1S/C11H24N4O3S/c1-9(2)7-14-19(17,18)15(8-11(12)16)10-3-5-13-6-4-10/h9-10,13-14H,3-8H2,1-2H3,(H2,12,16). The summed E-state index contributed by atoms with van der Waals surface area (Å²) in [7, 11) is -3.66. The van der Waals surface area contributed by atoms with Gasteiger partial charge in [0.05, 0.1) is 6.54 Å². The van der Waals surface area contributed by atoms with E-state index in [0.717, 1.165) is 13.1 Å². The van der Waals surface area contributed by atoms with E-state index < -0.39 is 16.1 Å². The molecule has 8 heteroatoms. The van der Waals surface area contributed by atoms with Gasteiger partial charge in [0.1, 0.15) is 0 Å². The summed E-state index contributed by atoms with van der Waals surface area (Å²) in [5.41, 5.74) is 5.16. The number of nitrogens with one attached hydrogen (secondary N) is 2. The number of hydrogen-bond acceptors (Lipinski definition) is 4. The first-order valence-electron chi connectivity index (χ1n) is 6.58. The van der Waals surface area contributed by atoms with E-state index in [2.05, 4.69) is 10.0 Å². The van der Waals surface area contributed by atoms with Crippen molar-refractivity contribution in [3.63, 3.8) is 0 Å². The molecule has 0 aromatic heterocycles. The van der Waals surface area contributed by atoms with Crippen LogP contribution in [0.3, 0.4) is 0 Å². The topological polar surface area (TPSA) is 105 Å². The van der Waals surface area contributed by atoms with E-state index >= 15 is 0 Å². The summed E-state index contributed by atoms with van der Waals surface area (Å²) in [6, 6.07) is -0.168. The van der Waals surface area contributed by atoms with E-state index in [1.54, 1.807) is 0 Å². The highest BCUT2D eigenvalue weighted by Gasteiger charge is 2.31. The molecule has 0 radical (unpaired) electrons. The third kappa shape index (κ3) is 5.43. The second-order valence-corrected chi connectivity index (χ2v) is 6.95. The van der Waals surface area contributed by atoms with Crippen LogP contribution in [-0.4, -0.2) is 50.9 Å². The molecule has 0 bridgehead atoms. The summed E-state index contributed by atoms with van der Waals surface area (Å²) < 4.78 is 28.3. The monoisotopic (exact) mass is 292 g/mol. The minimum Gasteiger partial charge on any atom is -0.369 e. The summed E-state index contributed by atoms with van der Waals surface area (Å²) in [4.78, 5) is 11.1. The molecule has 4 N–H and O–H groups in total. The molecule has 0 saturated carbocycles. The van der Waals surface area contributed by atoms with Crippen molar-refractivity contribution in [1.29, 1.82) is 0 Å². The zero-order valence-electron chi connectivity index (χ0n) is 11.6. The molecule has 1 rings (SSSR count).